The van der Waals surface area contributed by atoms with Crippen LogP contribution in [0.25, 0.3) is 0 Å². The molecular formula is C2H3CaClO+2. The fraction of sp³-hybridized carbons (Fsp3) is 0.500. The normalized spacial score (nSPS) is 5.20. The van der Waals surface area contributed by atoms with Gasteiger partial charge in [-0.1, -0.05) is 0 Å². The molecule has 1 nitrogen and oxygen atoms in total. The van der Waals surface area contributed by atoms with Crippen LogP contribution in [0.3, 0.4) is 0 Å². The van der Waals surface area contributed by atoms with Crippen molar-refractivity contribution >= 4 is 54.6 Å². The van der Waals surface area contributed by atoms with E-state index in [9.17, 15) is 4.79 Å². The van der Waals surface area contributed by atoms with Crippen LogP contribution in [0.1, 0.15) is 6.92 Å². The minimum atomic E-state index is -0.361. The Labute approximate surface area is 65.7 Å². The number of hydrogen-bond donors (Lipinski definition) is 0. The second kappa shape index (κ2) is 5.22. The predicted molar refractivity (Wildman–Crippen MR) is 22.3 cm³/mol. The molecule has 0 spiro atoms. The number of carbonyl (C=O) groups is 1. The monoisotopic (exact) mass is 118 g/mol. The molecule has 3 heteroatoms. The molecule has 0 saturated heterocycles. The third-order valence-electron chi connectivity index (χ3n) is 0. The molecule has 0 fully saturated rings. The Morgan fingerprint density at radius 3 is 1.80 bits per heavy atom. The maximum absolute atomic E-state index is 9.21. The molecule has 0 aromatic heterocycles. The summed E-state index contributed by atoms with van der Waals surface area (Å²) in [7, 11) is 0. The Morgan fingerprint density at radius 2 is 1.80 bits per heavy atom. The Kier molecular flexibility index (Phi) is 9.94. The molecule has 0 aliphatic heterocycles. The summed E-state index contributed by atoms with van der Waals surface area (Å²) in [5.74, 6) is 0. The summed E-state index contributed by atoms with van der Waals surface area (Å²) in [6.45, 7) is 1.29. The van der Waals surface area contributed by atoms with Crippen molar-refractivity contribution in [3.8, 4) is 0 Å². The first-order chi connectivity index (χ1) is 1.73. The standard InChI is InChI=1S/C2H3ClO.Ca/c1-2(3)4;/h1H3;/q;+2. The molecule has 0 heterocycles. The molecule has 24 valence electrons. The molecule has 0 radical (unpaired) electrons. The summed E-state index contributed by atoms with van der Waals surface area (Å²) < 4.78 is 0. The van der Waals surface area contributed by atoms with E-state index in [1.165, 1.54) is 6.92 Å². The van der Waals surface area contributed by atoms with Gasteiger partial charge in [0.1, 0.15) is 0 Å². The quantitative estimate of drug-likeness (QED) is 0.332. The Hall–Kier alpha value is 1.22. The van der Waals surface area contributed by atoms with Gasteiger partial charge in [-0.15, -0.1) is 0 Å². The van der Waals surface area contributed by atoms with Gasteiger partial charge in [-0.2, -0.15) is 0 Å². The summed E-state index contributed by atoms with van der Waals surface area (Å²) in [6, 6.07) is 0. The van der Waals surface area contributed by atoms with Gasteiger partial charge in [-0.05, 0) is 11.6 Å². The molecule has 5 heavy (non-hydrogen) atoms. The van der Waals surface area contributed by atoms with Crippen LogP contribution in [0.15, 0.2) is 0 Å². The van der Waals surface area contributed by atoms with E-state index in [1.54, 1.807) is 0 Å². The van der Waals surface area contributed by atoms with Gasteiger partial charge in [0.2, 0.25) is 5.24 Å². The molecule has 0 aliphatic carbocycles. The average molecular weight is 119 g/mol. The van der Waals surface area contributed by atoms with Gasteiger partial charge in [0.25, 0.3) is 0 Å². The van der Waals surface area contributed by atoms with Crippen molar-refractivity contribution in [3.05, 3.63) is 0 Å². The second-order valence-electron chi connectivity index (χ2n) is 0.470. The van der Waals surface area contributed by atoms with Gasteiger partial charge in [-0.3, -0.25) is 4.79 Å². The van der Waals surface area contributed by atoms with Crippen LogP contribution in [-0.4, -0.2) is 43.0 Å². The van der Waals surface area contributed by atoms with E-state index < -0.39 is 0 Å². The first-order valence-corrected chi connectivity index (χ1v) is 1.27. The number of carbonyl (C=O) groups excluding carboxylic acids is 1. The summed E-state index contributed by atoms with van der Waals surface area (Å²) in [5.41, 5.74) is 0. The molecule has 0 aromatic carbocycles. The maximum Gasteiger partial charge on any atom is 2.00 e. The van der Waals surface area contributed by atoms with Crippen molar-refractivity contribution in [2.45, 2.75) is 6.92 Å². The molecule has 0 bridgehead atoms. The zero-order chi connectivity index (χ0) is 3.58. The number of rotatable bonds is 0. The molecule has 0 saturated carbocycles. The van der Waals surface area contributed by atoms with Gasteiger partial charge < -0.3 is 0 Å². The second-order valence-corrected chi connectivity index (χ2v) is 1.00. The van der Waals surface area contributed by atoms with Crippen LogP contribution in [0.4, 0.5) is 0 Å². The fourth-order valence-electron chi connectivity index (χ4n) is 0. The summed E-state index contributed by atoms with van der Waals surface area (Å²) >= 11 is 4.64. The molecule has 0 atom stereocenters. The summed E-state index contributed by atoms with van der Waals surface area (Å²) in [5, 5.41) is -0.361. The molecule has 0 N–H and O–H groups in total. The first-order valence-electron chi connectivity index (χ1n) is 0.893. The predicted octanol–water partition coefficient (Wildman–Crippen LogP) is 0.391. The average Bonchev–Trinajstić information content (AvgIpc) is 0.811. The Bertz CT molecular complexity index is 32.6. The van der Waals surface area contributed by atoms with Gasteiger partial charge >= 0.3 is 37.7 Å². The van der Waals surface area contributed by atoms with Gasteiger partial charge in [0.15, 0.2) is 0 Å². The van der Waals surface area contributed by atoms with Crippen LogP contribution >= 0.6 is 11.6 Å². The van der Waals surface area contributed by atoms with Crippen LogP contribution in [0.5, 0.6) is 0 Å². The molecule has 0 aromatic rings. The first kappa shape index (κ1) is 9.52. The van der Waals surface area contributed by atoms with Gasteiger partial charge in [0, 0.05) is 6.92 Å². The SMILES string of the molecule is CC(=O)Cl.[Ca+2]. The molecular weight excluding hydrogens is 116 g/mol. The van der Waals surface area contributed by atoms with Crippen molar-refractivity contribution in [2.75, 3.05) is 0 Å². The van der Waals surface area contributed by atoms with E-state index in [1.807, 2.05) is 0 Å². The van der Waals surface area contributed by atoms with E-state index in [2.05, 4.69) is 11.6 Å². The van der Waals surface area contributed by atoms with Gasteiger partial charge in [-0.25, -0.2) is 0 Å². The zero-order valence-electron chi connectivity index (χ0n) is 2.99. The largest absolute Gasteiger partial charge is 2.00 e. The smallest absolute Gasteiger partial charge is 0.282 e. The third kappa shape index (κ3) is 36.4. The van der Waals surface area contributed by atoms with Crippen LogP contribution in [0.2, 0.25) is 0 Å². The van der Waals surface area contributed by atoms with E-state index in [4.69, 9.17) is 0 Å². The molecule has 0 unspecified atom stereocenters. The maximum atomic E-state index is 9.21. The fourth-order valence-corrected chi connectivity index (χ4v) is 0. The molecule has 0 aliphatic rings. The van der Waals surface area contributed by atoms with Crippen LogP contribution in [-0.2, 0) is 4.79 Å². The third-order valence-corrected chi connectivity index (χ3v) is 0. The van der Waals surface area contributed by atoms with E-state index in [-0.39, 0.29) is 43.0 Å². The Balaban J connectivity index is 0. The van der Waals surface area contributed by atoms with Crippen molar-refractivity contribution in [3.63, 3.8) is 0 Å². The van der Waals surface area contributed by atoms with E-state index in [0.29, 0.717) is 0 Å². The zero-order valence-corrected chi connectivity index (χ0v) is 5.96. The van der Waals surface area contributed by atoms with E-state index >= 15 is 0 Å². The van der Waals surface area contributed by atoms with Gasteiger partial charge in [0.05, 0.1) is 0 Å². The topological polar surface area (TPSA) is 17.1 Å². The van der Waals surface area contributed by atoms with Crippen molar-refractivity contribution in [2.24, 2.45) is 0 Å². The Morgan fingerprint density at radius 1 is 1.80 bits per heavy atom. The summed E-state index contributed by atoms with van der Waals surface area (Å²) in [6.07, 6.45) is 0. The van der Waals surface area contributed by atoms with Crippen molar-refractivity contribution in [1.82, 2.24) is 0 Å². The minimum Gasteiger partial charge on any atom is -0.282 e. The molecule has 0 amide bonds. The number of halogens is 1. The molecule has 0 rings (SSSR count). The number of hydrogen-bond acceptors (Lipinski definition) is 1. The van der Waals surface area contributed by atoms with Crippen LogP contribution < -0.4 is 0 Å². The minimum absolute atomic E-state index is 0. The van der Waals surface area contributed by atoms with Crippen molar-refractivity contribution in [1.29, 1.82) is 0 Å². The van der Waals surface area contributed by atoms with Crippen LogP contribution in [0, 0.1) is 0 Å². The van der Waals surface area contributed by atoms with E-state index in [0.717, 1.165) is 0 Å². The van der Waals surface area contributed by atoms with Crippen molar-refractivity contribution < 1.29 is 4.79 Å². The summed E-state index contributed by atoms with van der Waals surface area (Å²) in [4.78, 5) is 9.21.